The van der Waals surface area contributed by atoms with Crippen molar-refractivity contribution < 1.29 is 19.4 Å². The van der Waals surface area contributed by atoms with E-state index >= 15 is 0 Å². The summed E-state index contributed by atoms with van der Waals surface area (Å²) in [7, 11) is 1.51. The number of anilines is 1. The monoisotopic (exact) mass is 376 g/mol. The van der Waals surface area contributed by atoms with Gasteiger partial charge in [-0.2, -0.15) is 5.26 Å². The van der Waals surface area contributed by atoms with Gasteiger partial charge in [-0.05, 0) is 30.3 Å². The number of benzene rings is 2. The predicted octanol–water partition coefficient (Wildman–Crippen LogP) is 3.69. The van der Waals surface area contributed by atoms with Crippen LogP contribution in [0.5, 0.6) is 5.75 Å². The van der Waals surface area contributed by atoms with Crippen LogP contribution in [0.2, 0.25) is 0 Å². The third kappa shape index (κ3) is 3.12. The molecule has 1 aliphatic rings. The summed E-state index contributed by atoms with van der Waals surface area (Å²) < 4.78 is 5.44. The molecule has 3 rings (SSSR count). The molecule has 28 heavy (non-hydrogen) atoms. The molecule has 0 aromatic heterocycles. The first-order valence-electron chi connectivity index (χ1n) is 8.84. The molecule has 142 valence electrons. The van der Waals surface area contributed by atoms with Crippen molar-refractivity contribution in [2.24, 2.45) is 5.92 Å². The van der Waals surface area contributed by atoms with E-state index in [1.165, 1.54) is 12.0 Å². The molecule has 1 atom stereocenters. The minimum Gasteiger partial charge on any atom is -0.503 e. The lowest BCUT2D eigenvalue weighted by Crippen LogP contribution is -2.31. The topological polar surface area (TPSA) is 90.6 Å². The average Bonchev–Trinajstić information content (AvgIpc) is 2.98. The number of rotatable bonds is 5. The Morgan fingerprint density at radius 1 is 1.18 bits per heavy atom. The van der Waals surface area contributed by atoms with Crippen LogP contribution < -0.4 is 9.64 Å². The van der Waals surface area contributed by atoms with Crippen LogP contribution in [0.3, 0.4) is 0 Å². The molecule has 1 amide bonds. The summed E-state index contributed by atoms with van der Waals surface area (Å²) in [4.78, 5) is 27.2. The number of hydrogen-bond acceptors (Lipinski definition) is 5. The van der Waals surface area contributed by atoms with Crippen LogP contribution in [-0.2, 0) is 9.59 Å². The van der Waals surface area contributed by atoms with Gasteiger partial charge in [-0.25, -0.2) is 0 Å². The van der Waals surface area contributed by atoms with Gasteiger partial charge in [-0.1, -0.05) is 32.0 Å². The minimum atomic E-state index is -0.827. The zero-order chi connectivity index (χ0) is 20.4. The van der Waals surface area contributed by atoms with Gasteiger partial charge in [-0.15, -0.1) is 0 Å². The number of carbonyl (C=O) groups excluding carboxylic acids is 2. The van der Waals surface area contributed by atoms with E-state index in [2.05, 4.69) is 0 Å². The predicted molar refractivity (Wildman–Crippen MR) is 104 cm³/mol. The lowest BCUT2D eigenvalue weighted by atomic mass is 9.90. The molecule has 0 saturated carbocycles. The number of methoxy groups -OCH3 is 1. The van der Waals surface area contributed by atoms with E-state index in [9.17, 15) is 14.7 Å². The van der Waals surface area contributed by atoms with Crippen LogP contribution in [0.4, 0.5) is 5.69 Å². The van der Waals surface area contributed by atoms with Crippen molar-refractivity contribution in [1.82, 2.24) is 0 Å². The molecule has 6 heteroatoms. The van der Waals surface area contributed by atoms with Crippen molar-refractivity contribution in [3.63, 3.8) is 0 Å². The number of ketones is 1. The van der Waals surface area contributed by atoms with Crippen molar-refractivity contribution in [1.29, 1.82) is 5.26 Å². The first-order valence-corrected chi connectivity index (χ1v) is 8.84. The van der Waals surface area contributed by atoms with Gasteiger partial charge in [0, 0.05) is 17.2 Å². The Kier molecular flexibility index (Phi) is 5.18. The Morgan fingerprint density at radius 2 is 1.82 bits per heavy atom. The van der Waals surface area contributed by atoms with Crippen molar-refractivity contribution in [2.45, 2.75) is 19.9 Å². The Bertz CT molecular complexity index is 1000. The molecule has 2 aromatic carbocycles. The number of aliphatic hydroxyl groups is 1. The van der Waals surface area contributed by atoms with Crippen molar-refractivity contribution in [2.75, 3.05) is 12.0 Å². The molecule has 1 heterocycles. The Hall–Kier alpha value is -3.59. The minimum absolute atomic E-state index is 0.0499. The molecule has 0 saturated heterocycles. The van der Waals surface area contributed by atoms with E-state index in [0.717, 1.165) is 0 Å². The van der Waals surface area contributed by atoms with Crippen LogP contribution >= 0.6 is 0 Å². The van der Waals surface area contributed by atoms with Gasteiger partial charge in [0.05, 0.1) is 30.4 Å². The second-order valence-corrected chi connectivity index (χ2v) is 6.76. The molecular weight excluding hydrogens is 356 g/mol. The van der Waals surface area contributed by atoms with Crippen LogP contribution in [0.25, 0.3) is 0 Å². The van der Waals surface area contributed by atoms with Crippen molar-refractivity contribution in [3.8, 4) is 11.8 Å². The van der Waals surface area contributed by atoms with E-state index in [1.54, 1.807) is 62.4 Å². The Morgan fingerprint density at radius 3 is 2.39 bits per heavy atom. The van der Waals surface area contributed by atoms with E-state index in [1.807, 2.05) is 6.07 Å². The van der Waals surface area contributed by atoms with E-state index in [0.29, 0.717) is 22.6 Å². The second kappa shape index (κ2) is 7.57. The van der Waals surface area contributed by atoms with Crippen molar-refractivity contribution in [3.05, 3.63) is 71.0 Å². The molecule has 1 N–H and O–H groups in total. The highest BCUT2D eigenvalue weighted by atomic mass is 16.5. The number of Topliss-reactive ketones (excluding diaryl/α,β-unsaturated/α-hetero) is 1. The van der Waals surface area contributed by atoms with E-state index in [-0.39, 0.29) is 11.4 Å². The highest BCUT2D eigenvalue weighted by Crippen LogP contribution is 2.44. The molecule has 0 aliphatic carbocycles. The first-order chi connectivity index (χ1) is 13.4. The van der Waals surface area contributed by atoms with Crippen LogP contribution in [0, 0.1) is 17.2 Å². The number of hydrogen-bond donors (Lipinski definition) is 1. The summed E-state index contributed by atoms with van der Waals surface area (Å²) in [6.45, 7) is 3.44. The maximum absolute atomic E-state index is 12.9. The molecule has 0 radical (unpaired) electrons. The number of aliphatic hydroxyl groups excluding tert-OH is 1. The second-order valence-electron chi connectivity index (χ2n) is 6.76. The number of nitrogens with zero attached hydrogens (tertiary/aromatic N) is 2. The van der Waals surface area contributed by atoms with Crippen LogP contribution in [0.1, 0.15) is 31.0 Å². The molecular formula is C22H20N2O4. The van der Waals surface area contributed by atoms with Crippen LogP contribution in [0.15, 0.2) is 59.9 Å². The molecule has 1 aliphatic heterocycles. The summed E-state index contributed by atoms with van der Waals surface area (Å²) in [5.74, 6) is -1.42. The summed E-state index contributed by atoms with van der Waals surface area (Å²) in [6.07, 6.45) is 0. The molecule has 0 fully saturated rings. The first kappa shape index (κ1) is 19.2. The number of carbonyl (C=O) groups is 2. The number of para-hydroxylation sites is 1. The summed E-state index contributed by atoms with van der Waals surface area (Å²) in [5.41, 5.74) is 1.56. The van der Waals surface area contributed by atoms with Gasteiger partial charge in [0.1, 0.15) is 5.75 Å². The maximum Gasteiger partial charge on any atom is 0.294 e. The molecule has 0 spiro atoms. The van der Waals surface area contributed by atoms with Gasteiger partial charge in [0.2, 0.25) is 0 Å². The zero-order valence-corrected chi connectivity index (χ0v) is 15.8. The third-order valence-corrected chi connectivity index (χ3v) is 4.71. The Balaban J connectivity index is 2.22. The van der Waals surface area contributed by atoms with E-state index < -0.39 is 23.6 Å². The normalized spacial score (nSPS) is 16.5. The maximum atomic E-state index is 12.9. The molecule has 1 unspecified atom stereocenters. The number of ether oxygens (including phenoxy) is 1. The van der Waals surface area contributed by atoms with Gasteiger partial charge < -0.3 is 9.84 Å². The summed E-state index contributed by atoms with van der Waals surface area (Å²) in [6, 6.07) is 14.7. The van der Waals surface area contributed by atoms with E-state index in [4.69, 9.17) is 10.00 Å². The third-order valence-electron chi connectivity index (χ3n) is 4.71. The highest BCUT2D eigenvalue weighted by molar-refractivity contribution is 6.17. The lowest BCUT2D eigenvalue weighted by Gasteiger charge is -2.28. The van der Waals surface area contributed by atoms with Gasteiger partial charge in [-0.3, -0.25) is 14.5 Å². The molecule has 0 bridgehead atoms. The number of amides is 1. The largest absolute Gasteiger partial charge is 0.503 e. The van der Waals surface area contributed by atoms with Gasteiger partial charge in [0.25, 0.3) is 5.91 Å². The smallest absolute Gasteiger partial charge is 0.294 e. The lowest BCUT2D eigenvalue weighted by molar-refractivity contribution is -0.119. The Labute approximate surface area is 163 Å². The van der Waals surface area contributed by atoms with Crippen molar-refractivity contribution >= 4 is 17.4 Å². The quantitative estimate of drug-likeness (QED) is 0.859. The van der Waals surface area contributed by atoms with Crippen LogP contribution in [-0.4, -0.2) is 23.9 Å². The fourth-order valence-electron chi connectivity index (χ4n) is 3.32. The number of nitriles is 1. The SMILES string of the molecule is COc1ccccc1C1C(C(=O)C(C)C)=C(O)C(=O)N1c1ccc(C#N)cc1. The summed E-state index contributed by atoms with van der Waals surface area (Å²) in [5, 5.41) is 19.6. The van der Waals surface area contributed by atoms with Gasteiger partial charge >= 0.3 is 0 Å². The fourth-order valence-corrected chi connectivity index (χ4v) is 3.32. The van der Waals surface area contributed by atoms with Gasteiger partial charge in [0.15, 0.2) is 11.5 Å². The fraction of sp³-hybridized carbons (Fsp3) is 0.227. The molecule has 2 aromatic rings. The molecule has 6 nitrogen and oxygen atoms in total. The standard InChI is InChI=1S/C22H20N2O4/c1-13(2)20(25)18-19(16-6-4-5-7-17(16)28-3)24(22(27)21(18)26)15-10-8-14(12-23)9-11-15/h4-11,13,19,26H,1-3H3. The highest BCUT2D eigenvalue weighted by Gasteiger charge is 2.45. The summed E-state index contributed by atoms with van der Waals surface area (Å²) >= 11 is 0. The zero-order valence-electron chi connectivity index (χ0n) is 15.8. The average molecular weight is 376 g/mol.